The molecule has 5 heteroatoms. The quantitative estimate of drug-likeness (QED) is 0.849. The van der Waals surface area contributed by atoms with Crippen LogP contribution < -0.4 is 4.90 Å². The molecule has 0 saturated carbocycles. The number of ketones is 1. The SMILES string of the molecule is CCN(CCO)c1ccc(/N=C2\C=CC(=O)C(Cl)=C2)c(C)c1. The number of carbonyl (C=O) groups excluding carboxylic acids is 1. The molecular weight excluding hydrogens is 300 g/mol. The lowest BCUT2D eigenvalue weighted by molar-refractivity contribution is -0.110. The molecule has 0 radical (unpaired) electrons. The molecule has 0 saturated heterocycles. The molecule has 22 heavy (non-hydrogen) atoms. The van der Waals surface area contributed by atoms with E-state index in [1.165, 1.54) is 6.08 Å². The molecule has 4 nitrogen and oxygen atoms in total. The van der Waals surface area contributed by atoms with E-state index in [9.17, 15) is 4.79 Å². The molecule has 116 valence electrons. The van der Waals surface area contributed by atoms with E-state index in [4.69, 9.17) is 16.7 Å². The van der Waals surface area contributed by atoms with Crippen LogP contribution in [0, 0.1) is 6.92 Å². The van der Waals surface area contributed by atoms with Gasteiger partial charge in [-0.15, -0.1) is 0 Å². The van der Waals surface area contributed by atoms with Crippen LogP contribution in [0.3, 0.4) is 0 Å². The van der Waals surface area contributed by atoms with Crippen LogP contribution in [-0.4, -0.2) is 36.3 Å². The molecule has 1 aliphatic carbocycles. The van der Waals surface area contributed by atoms with Crippen molar-refractivity contribution >= 4 is 34.5 Å². The molecule has 0 fully saturated rings. The summed E-state index contributed by atoms with van der Waals surface area (Å²) in [6.07, 6.45) is 4.65. The maximum Gasteiger partial charge on any atom is 0.197 e. The molecule has 1 aliphatic rings. The number of allylic oxidation sites excluding steroid dienone is 4. The second kappa shape index (κ2) is 7.38. The lowest BCUT2D eigenvalue weighted by Crippen LogP contribution is -2.26. The number of hydrogen-bond acceptors (Lipinski definition) is 4. The first-order valence-corrected chi connectivity index (χ1v) is 7.57. The van der Waals surface area contributed by atoms with Crippen molar-refractivity contribution in [1.82, 2.24) is 0 Å². The Balaban J connectivity index is 2.27. The summed E-state index contributed by atoms with van der Waals surface area (Å²) >= 11 is 5.84. The summed E-state index contributed by atoms with van der Waals surface area (Å²) in [5.41, 5.74) is 3.57. The summed E-state index contributed by atoms with van der Waals surface area (Å²) in [4.78, 5) is 17.9. The molecule has 0 aromatic heterocycles. The molecule has 1 aromatic carbocycles. The Morgan fingerprint density at radius 1 is 1.32 bits per heavy atom. The number of carbonyl (C=O) groups is 1. The second-order valence-corrected chi connectivity index (χ2v) is 5.41. The topological polar surface area (TPSA) is 52.9 Å². The van der Waals surface area contributed by atoms with Gasteiger partial charge in [-0.05, 0) is 55.8 Å². The molecule has 1 N–H and O–H groups in total. The Morgan fingerprint density at radius 3 is 2.68 bits per heavy atom. The number of likely N-dealkylation sites (N-methyl/N-ethyl adjacent to an activating group) is 1. The zero-order valence-electron chi connectivity index (χ0n) is 12.7. The van der Waals surface area contributed by atoms with Gasteiger partial charge in [-0.1, -0.05) is 11.6 Å². The molecule has 0 heterocycles. The Hall–Kier alpha value is -1.91. The number of hydrogen-bond donors (Lipinski definition) is 1. The molecular formula is C17H19ClN2O2. The van der Waals surface area contributed by atoms with Crippen molar-refractivity contribution < 1.29 is 9.90 Å². The van der Waals surface area contributed by atoms with Gasteiger partial charge in [0.25, 0.3) is 0 Å². The Kier molecular flexibility index (Phi) is 5.52. The van der Waals surface area contributed by atoms with Gasteiger partial charge < -0.3 is 10.0 Å². The van der Waals surface area contributed by atoms with Gasteiger partial charge in [-0.2, -0.15) is 0 Å². The second-order valence-electron chi connectivity index (χ2n) is 5.00. The highest BCUT2D eigenvalue weighted by molar-refractivity contribution is 6.47. The lowest BCUT2D eigenvalue weighted by Gasteiger charge is -2.22. The number of benzene rings is 1. The number of aliphatic hydroxyl groups is 1. The maximum atomic E-state index is 11.3. The highest BCUT2D eigenvalue weighted by atomic mass is 35.5. The summed E-state index contributed by atoms with van der Waals surface area (Å²) in [5, 5.41) is 9.27. The minimum Gasteiger partial charge on any atom is -0.395 e. The number of aryl methyl sites for hydroxylation is 1. The summed E-state index contributed by atoms with van der Waals surface area (Å²) in [7, 11) is 0. The van der Waals surface area contributed by atoms with Crippen molar-refractivity contribution in [3.63, 3.8) is 0 Å². The molecule has 0 atom stereocenters. The molecule has 0 spiro atoms. The Morgan fingerprint density at radius 2 is 2.09 bits per heavy atom. The average Bonchev–Trinajstić information content (AvgIpc) is 2.50. The zero-order chi connectivity index (χ0) is 16.1. The van der Waals surface area contributed by atoms with Gasteiger partial charge in [-0.3, -0.25) is 4.79 Å². The van der Waals surface area contributed by atoms with Gasteiger partial charge in [0.1, 0.15) is 0 Å². The summed E-state index contributed by atoms with van der Waals surface area (Å²) < 4.78 is 0. The van der Waals surface area contributed by atoms with Gasteiger partial charge in [0.15, 0.2) is 5.78 Å². The number of aliphatic hydroxyl groups excluding tert-OH is 1. The normalized spacial score (nSPS) is 16.1. The first kappa shape index (κ1) is 16.5. The Bertz CT molecular complexity index is 663. The molecule has 0 bridgehead atoms. The molecule has 2 rings (SSSR count). The zero-order valence-corrected chi connectivity index (χ0v) is 13.5. The van der Waals surface area contributed by atoms with E-state index < -0.39 is 0 Å². The summed E-state index contributed by atoms with van der Waals surface area (Å²) in [6.45, 7) is 5.59. The largest absolute Gasteiger partial charge is 0.395 e. The number of anilines is 1. The van der Waals surface area contributed by atoms with Crippen LogP contribution in [0.2, 0.25) is 0 Å². The minimum absolute atomic E-state index is 0.124. The van der Waals surface area contributed by atoms with Crippen molar-refractivity contribution in [3.05, 3.63) is 47.0 Å². The van der Waals surface area contributed by atoms with Crippen LogP contribution in [0.1, 0.15) is 12.5 Å². The molecule has 0 aliphatic heterocycles. The molecule has 0 unspecified atom stereocenters. The highest BCUT2D eigenvalue weighted by Gasteiger charge is 2.10. The van der Waals surface area contributed by atoms with E-state index in [2.05, 4.69) is 16.8 Å². The monoisotopic (exact) mass is 318 g/mol. The van der Waals surface area contributed by atoms with E-state index in [1.807, 2.05) is 25.1 Å². The van der Waals surface area contributed by atoms with Crippen LogP contribution in [0.25, 0.3) is 0 Å². The number of rotatable bonds is 5. The van der Waals surface area contributed by atoms with Gasteiger partial charge in [0.05, 0.1) is 23.0 Å². The minimum atomic E-state index is -0.199. The van der Waals surface area contributed by atoms with Crippen molar-refractivity contribution in [2.24, 2.45) is 4.99 Å². The average molecular weight is 319 g/mol. The number of aliphatic imine (C=N–C) groups is 1. The van der Waals surface area contributed by atoms with Crippen LogP contribution >= 0.6 is 11.6 Å². The highest BCUT2D eigenvalue weighted by Crippen LogP contribution is 2.26. The molecule has 0 amide bonds. The van der Waals surface area contributed by atoms with E-state index in [-0.39, 0.29) is 17.4 Å². The van der Waals surface area contributed by atoms with Gasteiger partial charge in [0.2, 0.25) is 0 Å². The first-order valence-electron chi connectivity index (χ1n) is 7.20. The maximum absolute atomic E-state index is 11.3. The third kappa shape index (κ3) is 3.84. The van der Waals surface area contributed by atoms with E-state index >= 15 is 0 Å². The summed E-state index contributed by atoms with van der Waals surface area (Å²) in [6, 6.07) is 5.96. The summed E-state index contributed by atoms with van der Waals surface area (Å²) in [5.74, 6) is -0.199. The van der Waals surface area contributed by atoms with Crippen molar-refractivity contribution in [2.75, 3.05) is 24.6 Å². The van der Waals surface area contributed by atoms with Crippen LogP contribution in [0.5, 0.6) is 0 Å². The van der Waals surface area contributed by atoms with Crippen molar-refractivity contribution in [3.8, 4) is 0 Å². The van der Waals surface area contributed by atoms with Gasteiger partial charge >= 0.3 is 0 Å². The van der Waals surface area contributed by atoms with Crippen LogP contribution in [0.4, 0.5) is 11.4 Å². The van der Waals surface area contributed by atoms with Gasteiger partial charge in [-0.25, -0.2) is 4.99 Å². The van der Waals surface area contributed by atoms with Gasteiger partial charge in [0, 0.05) is 18.8 Å². The van der Waals surface area contributed by atoms with Crippen molar-refractivity contribution in [2.45, 2.75) is 13.8 Å². The third-order valence-corrected chi connectivity index (χ3v) is 3.76. The van der Waals surface area contributed by atoms with Crippen molar-refractivity contribution in [1.29, 1.82) is 0 Å². The predicted octanol–water partition coefficient (Wildman–Crippen LogP) is 3.15. The first-order chi connectivity index (χ1) is 10.5. The van der Waals surface area contributed by atoms with E-state index in [0.29, 0.717) is 12.3 Å². The van der Waals surface area contributed by atoms with E-state index in [1.54, 1.807) is 12.2 Å². The fourth-order valence-electron chi connectivity index (χ4n) is 2.25. The predicted molar refractivity (Wildman–Crippen MR) is 91.3 cm³/mol. The van der Waals surface area contributed by atoms with E-state index in [0.717, 1.165) is 23.5 Å². The Labute approximate surface area is 135 Å². The number of nitrogens with zero attached hydrogens (tertiary/aromatic N) is 2. The smallest absolute Gasteiger partial charge is 0.197 e. The third-order valence-electron chi connectivity index (χ3n) is 3.46. The van der Waals surface area contributed by atoms with Crippen LogP contribution in [0.15, 0.2) is 46.5 Å². The number of halogens is 1. The van der Waals surface area contributed by atoms with Crippen LogP contribution in [-0.2, 0) is 4.79 Å². The molecule has 1 aromatic rings. The fraction of sp³-hybridized carbons (Fsp3) is 0.294. The fourth-order valence-corrected chi connectivity index (χ4v) is 2.43. The lowest BCUT2D eigenvalue weighted by atomic mass is 10.1. The standard InChI is InChI=1S/C17H19ClN2O2/c1-3-20(8-9-21)14-5-6-16(12(2)10-14)19-13-4-7-17(22)15(18)11-13/h4-7,10-11,21H,3,8-9H2,1-2H3/b19-13+.